The van der Waals surface area contributed by atoms with Crippen LogP contribution in [0.4, 0.5) is 5.69 Å². The van der Waals surface area contributed by atoms with Gasteiger partial charge in [0.25, 0.3) is 0 Å². The van der Waals surface area contributed by atoms with Gasteiger partial charge in [-0.05, 0) is 64.6 Å². The number of fused-ring (bicyclic) bond motifs is 3. The van der Waals surface area contributed by atoms with E-state index in [9.17, 15) is 19.2 Å². The topological polar surface area (TPSA) is 80.8 Å². The van der Waals surface area contributed by atoms with Gasteiger partial charge in [-0.2, -0.15) is 0 Å². The molecule has 0 N–H and O–H groups in total. The molecule has 0 radical (unpaired) electrons. The maximum atomic E-state index is 13.8. The van der Waals surface area contributed by atoms with Gasteiger partial charge in [0.15, 0.2) is 0 Å². The first kappa shape index (κ1) is 21.6. The van der Waals surface area contributed by atoms with E-state index in [2.05, 4.69) is 22.6 Å². The van der Waals surface area contributed by atoms with Crippen LogP contribution in [0.15, 0.2) is 72.8 Å². The van der Waals surface area contributed by atoms with Crippen molar-refractivity contribution in [1.29, 1.82) is 0 Å². The van der Waals surface area contributed by atoms with Gasteiger partial charge in [0.05, 0.1) is 23.6 Å². The lowest BCUT2D eigenvalue weighted by molar-refractivity contribution is -0.127. The monoisotopic (exact) mass is 583 g/mol. The van der Waals surface area contributed by atoms with Crippen molar-refractivity contribution < 1.29 is 23.9 Å². The molecule has 0 unspecified atom stereocenters. The number of hydrogen-bond acceptors (Lipinski definition) is 5. The molecule has 168 valence electrons. The summed E-state index contributed by atoms with van der Waals surface area (Å²) < 4.78 is 7.18. The second kappa shape index (κ2) is 7.56. The fourth-order valence-corrected chi connectivity index (χ4v) is 5.80. The van der Waals surface area contributed by atoms with Crippen LogP contribution in [0.2, 0.25) is 5.02 Å². The standard InChI is InChI=1S/C26H15ClINO5/c27-14-7-5-13(6-8-14)21-19-20(25(33)29(24(19)32)16-11-9-15(28)10-12-16)26(34-21)22(30)17-3-1-2-4-18(17)23(26)31/h1-12,19-21H/t19-,20+,21+/m1/s1. The third-order valence-electron chi connectivity index (χ3n) is 6.80. The average Bonchev–Trinajstić information content (AvgIpc) is 3.40. The number of halogens is 2. The first-order valence-electron chi connectivity index (χ1n) is 10.6. The Labute approximate surface area is 213 Å². The first-order valence-corrected chi connectivity index (χ1v) is 12.1. The number of amides is 2. The van der Waals surface area contributed by atoms with Crippen LogP contribution in [0.1, 0.15) is 32.4 Å². The highest BCUT2D eigenvalue weighted by Gasteiger charge is 2.74. The Morgan fingerprint density at radius 3 is 1.97 bits per heavy atom. The molecular weight excluding hydrogens is 569 g/mol. The van der Waals surface area contributed by atoms with E-state index >= 15 is 0 Å². The highest BCUT2D eigenvalue weighted by atomic mass is 127. The molecule has 6 rings (SSSR count). The van der Waals surface area contributed by atoms with Crippen LogP contribution in [-0.2, 0) is 14.3 Å². The van der Waals surface area contributed by atoms with Gasteiger partial charge in [-0.1, -0.05) is 48.0 Å². The van der Waals surface area contributed by atoms with Crippen molar-refractivity contribution in [2.45, 2.75) is 11.7 Å². The lowest BCUT2D eigenvalue weighted by Crippen LogP contribution is -2.51. The number of Topliss-reactive ketones (excluding diaryl/α,β-unsaturated/α-hetero) is 2. The highest BCUT2D eigenvalue weighted by Crippen LogP contribution is 2.57. The molecule has 1 spiro atoms. The summed E-state index contributed by atoms with van der Waals surface area (Å²) in [6.45, 7) is 0. The number of carbonyl (C=O) groups is 4. The first-order chi connectivity index (χ1) is 16.3. The number of carbonyl (C=O) groups excluding carboxylic acids is 4. The van der Waals surface area contributed by atoms with Crippen LogP contribution in [0.3, 0.4) is 0 Å². The predicted octanol–water partition coefficient (Wildman–Crippen LogP) is 4.64. The van der Waals surface area contributed by atoms with Crippen LogP contribution in [-0.4, -0.2) is 29.0 Å². The smallest absolute Gasteiger partial charge is 0.241 e. The molecule has 6 nitrogen and oxygen atoms in total. The minimum atomic E-state index is -2.08. The minimum Gasteiger partial charge on any atom is -0.349 e. The maximum absolute atomic E-state index is 13.8. The van der Waals surface area contributed by atoms with Crippen molar-refractivity contribution >= 4 is 63.3 Å². The summed E-state index contributed by atoms with van der Waals surface area (Å²) in [6, 6.07) is 20.0. The number of hydrogen-bond donors (Lipinski definition) is 0. The molecule has 2 fully saturated rings. The summed E-state index contributed by atoms with van der Waals surface area (Å²) in [5, 5.41) is 0.489. The van der Waals surface area contributed by atoms with Crippen molar-refractivity contribution in [1.82, 2.24) is 0 Å². The Balaban J connectivity index is 1.54. The molecule has 8 heteroatoms. The molecule has 3 aliphatic rings. The average molecular weight is 584 g/mol. The summed E-state index contributed by atoms with van der Waals surface area (Å²) in [6.07, 6.45) is -0.963. The third-order valence-corrected chi connectivity index (χ3v) is 7.77. The summed E-state index contributed by atoms with van der Waals surface area (Å²) in [5.41, 5.74) is -0.709. The van der Waals surface area contributed by atoms with Crippen LogP contribution < -0.4 is 4.90 Å². The summed E-state index contributed by atoms with van der Waals surface area (Å²) in [7, 11) is 0. The van der Waals surface area contributed by atoms with E-state index in [0.29, 0.717) is 16.3 Å². The second-order valence-electron chi connectivity index (χ2n) is 8.52. The lowest BCUT2D eigenvalue weighted by Gasteiger charge is -2.27. The maximum Gasteiger partial charge on any atom is 0.241 e. The molecule has 3 aromatic rings. The van der Waals surface area contributed by atoms with Crippen molar-refractivity contribution in [3.8, 4) is 0 Å². The number of nitrogens with zero attached hydrogens (tertiary/aromatic N) is 1. The van der Waals surface area contributed by atoms with E-state index < -0.39 is 46.9 Å². The molecule has 34 heavy (non-hydrogen) atoms. The van der Waals surface area contributed by atoms with Gasteiger partial charge in [-0.15, -0.1) is 0 Å². The Morgan fingerprint density at radius 1 is 0.794 bits per heavy atom. The summed E-state index contributed by atoms with van der Waals surface area (Å²) >= 11 is 8.18. The van der Waals surface area contributed by atoms with E-state index in [1.54, 1.807) is 72.8 Å². The van der Waals surface area contributed by atoms with Crippen LogP contribution in [0.25, 0.3) is 0 Å². The van der Waals surface area contributed by atoms with E-state index in [1.165, 1.54) is 0 Å². The quantitative estimate of drug-likeness (QED) is 0.250. The summed E-state index contributed by atoms with van der Waals surface area (Å²) in [4.78, 5) is 56.0. The number of benzene rings is 3. The Bertz CT molecular complexity index is 1370. The van der Waals surface area contributed by atoms with Crippen LogP contribution in [0.5, 0.6) is 0 Å². The lowest BCUT2D eigenvalue weighted by atomic mass is 9.77. The van der Waals surface area contributed by atoms with Gasteiger partial charge in [-0.25, -0.2) is 4.90 Å². The molecule has 2 heterocycles. The zero-order valence-corrected chi connectivity index (χ0v) is 20.3. The predicted molar refractivity (Wildman–Crippen MR) is 132 cm³/mol. The fraction of sp³-hybridized carbons (Fsp3) is 0.154. The SMILES string of the molecule is O=C1[C@@H]2[C@@H](C(=O)N1c1ccc(I)cc1)C1(O[C@H]2c2ccc(Cl)cc2)C(=O)c2ccccc2C1=O. The second-order valence-corrected chi connectivity index (χ2v) is 10.2. The van der Waals surface area contributed by atoms with Crippen molar-refractivity contribution in [3.05, 3.63) is 98.1 Å². The zero-order valence-electron chi connectivity index (χ0n) is 17.4. The van der Waals surface area contributed by atoms with Gasteiger partial charge in [-0.3, -0.25) is 19.2 Å². The fourth-order valence-electron chi connectivity index (χ4n) is 5.32. The number of imide groups is 1. The Kier molecular flexibility index (Phi) is 4.81. The molecule has 3 atom stereocenters. The molecule has 2 saturated heterocycles. The number of ether oxygens (including phenoxy) is 1. The van der Waals surface area contributed by atoms with Crippen LogP contribution in [0, 0.1) is 15.4 Å². The summed E-state index contributed by atoms with van der Waals surface area (Å²) in [5.74, 6) is -4.57. The van der Waals surface area contributed by atoms with Gasteiger partial charge in [0.1, 0.15) is 0 Å². The molecule has 2 amide bonds. The molecule has 0 aromatic heterocycles. The zero-order chi connectivity index (χ0) is 23.8. The molecule has 0 saturated carbocycles. The Hall–Kier alpha value is -2.88. The minimum absolute atomic E-state index is 0.205. The Morgan fingerprint density at radius 2 is 1.38 bits per heavy atom. The number of anilines is 1. The molecule has 0 bridgehead atoms. The van der Waals surface area contributed by atoms with E-state index in [4.69, 9.17) is 16.3 Å². The van der Waals surface area contributed by atoms with Gasteiger partial charge >= 0.3 is 0 Å². The molecule has 2 aliphatic heterocycles. The van der Waals surface area contributed by atoms with Gasteiger partial charge in [0.2, 0.25) is 29.0 Å². The van der Waals surface area contributed by atoms with Crippen molar-refractivity contribution in [2.24, 2.45) is 11.8 Å². The van der Waals surface area contributed by atoms with Gasteiger partial charge < -0.3 is 4.74 Å². The number of rotatable bonds is 2. The molecule has 1 aliphatic carbocycles. The molecular formula is C26H15ClINO5. The molecule has 3 aromatic carbocycles. The van der Waals surface area contributed by atoms with Gasteiger partial charge in [0, 0.05) is 19.7 Å². The normalized spacial score (nSPS) is 24.8. The van der Waals surface area contributed by atoms with Crippen LogP contribution >= 0.6 is 34.2 Å². The van der Waals surface area contributed by atoms with Crippen molar-refractivity contribution in [3.63, 3.8) is 0 Å². The van der Waals surface area contributed by atoms with E-state index in [0.717, 1.165) is 8.47 Å². The van der Waals surface area contributed by atoms with E-state index in [-0.39, 0.29) is 11.1 Å². The van der Waals surface area contributed by atoms with Crippen molar-refractivity contribution in [2.75, 3.05) is 4.90 Å². The number of ketones is 2. The largest absolute Gasteiger partial charge is 0.349 e. The van der Waals surface area contributed by atoms with E-state index in [1.807, 2.05) is 0 Å². The third kappa shape index (κ3) is 2.77. The highest BCUT2D eigenvalue weighted by molar-refractivity contribution is 14.1.